The first-order valence-corrected chi connectivity index (χ1v) is 6.15. The second-order valence-corrected chi connectivity index (χ2v) is 4.54. The van der Waals surface area contributed by atoms with Crippen LogP contribution in [0.2, 0.25) is 0 Å². The molecule has 0 aliphatic heterocycles. The predicted octanol–water partition coefficient (Wildman–Crippen LogP) is 3.12. The van der Waals surface area contributed by atoms with Crippen LogP contribution in [0, 0.1) is 5.82 Å². The van der Waals surface area contributed by atoms with Crippen molar-refractivity contribution in [2.75, 3.05) is 13.2 Å². The van der Waals surface area contributed by atoms with Crippen molar-refractivity contribution >= 4 is 0 Å². The summed E-state index contributed by atoms with van der Waals surface area (Å²) in [6.45, 7) is 7.77. The first-order chi connectivity index (χ1) is 8.40. The van der Waals surface area contributed by atoms with Gasteiger partial charge >= 0.3 is 0 Å². The van der Waals surface area contributed by atoms with Crippen molar-refractivity contribution < 1.29 is 19.0 Å². The molecule has 3 nitrogen and oxygen atoms in total. The number of hydrogen-bond acceptors (Lipinski definition) is 3. The summed E-state index contributed by atoms with van der Waals surface area (Å²) in [6, 6.07) is 4.60. The molecule has 0 heterocycles. The highest BCUT2D eigenvalue weighted by Gasteiger charge is 2.21. The molecule has 0 bridgehead atoms. The highest BCUT2D eigenvalue weighted by atomic mass is 19.1. The maximum Gasteiger partial charge on any atom is 0.186 e. The van der Waals surface area contributed by atoms with E-state index in [4.69, 9.17) is 9.47 Å². The van der Waals surface area contributed by atoms with Gasteiger partial charge in [0.15, 0.2) is 6.29 Å². The topological polar surface area (TPSA) is 38.7 Å². The van der Waals surface area contributed by atoms with Crippen LogP contribution in [0.5, 0.6) is 0 Å². The van der Waals surface area contributed by atoms with Gasteiger partial charge in [-0.05, 0) is 39.3 Å². The Bertz CT molecular complexity index is 379. The average molecular weight is 256 g/mol. The lowest BCUT2D eigenvalue weighted by molar-refractivity contribution is -0.141. The van der Waals surface area contributed by atoms with Crippen LogP contribution in [0.15, 0.2) is 18.2 Å². The molecule has 0 aliphatic rings. The molecule has 0 atom stereocenters. The Morgan fingerprint density at radius 1 is 1.22 bits per heavy atom. The molecule has 0 radical (unpaired) electrons. The normalized spacial score (nSPS) is 12.2. The van der Waals surface area contributed by atoms with Crippen LogP contribution in [-0.2, 0) is 15.1 Å². The molecule has 0 saturated heterocycles. The number of ether oxygens (including phenoxy) is 2. The van der Waals surface area contributed by atoms with E-state index in [0.717, 1.165) is 0 Å². The molecule has 102 valence electrons. The first-order valence-electron chi connectivity index (χ1n) is 6.15. The van der Waals surface area contributed by atoms with Crippen LogP contribution in [0.25, 0.3) is 0 Å². The smallest absolute Gasteiger partial charge is 0.186 e. The average Bonchev–Trinajstić information content (AvgIpc) is 2.27. The van der Waals surface area contributed by atoms with E-state index < -0.39 is 17.7 Å². The van der Waals surface area contributed by atoms with Crippen molar-refractivity contribution in [3.05, 3.63) is 35.1 Å². The second-order valence-electron chi connectivity index (χ2n) is 4.54. The van der Waals surface area contributed by atoms with Gasteiger partial charge in [0, 0.05) is 18.8 Å². The molecule has 0 unspecified atom stereocenters. The zero-order valence-electron chi connectivity index (χ0n) is 11.4. The number of halogens is 1. The molecule has 0 amide bonds. The van der Waals surface area contributed by atoms with Gasteiger partial charge in [0.25, 0.3) is 0 Å². The molecular formula is C14H21FO3. The van der Waals surface area contributed by atoms with E-state index in [0.29, 0.717) is 24.3 Å². The van der Waals surface area contributed by atoms with Crippen molar-refractivity contribution in [3.63, 3.8) is 0 Å². The molecule has 18 heavy (non-hydrogen) atoms. The van der Waals surface area contributed by atoms with Crippen molar-refractivity contribution in [2.45, 2.75) is 39.6 Å². The number of rotatable bonds is 6. The van der Waals surface area contributed by atoms with Gasteiger partial charge in [-0.3, -0.25) is 0 Å². The Morgan fingerprint density at radius 3 is 2.17 bits per heavy atom. The van der Waals surface area contributed by atoms with Crippen LogP contribution in [-0.4, -0.2) is 18.3 Å². The lowest BCUT2D eigenvalue weighted by Crippen LogP contribution is -2.17. The summed E-state index contributed by atoms with van der Waals surface area (Å²) in [5.41, 5.74) is -0.186. The van der Waals surface area contributed by atoms with Crippen molar-refractivity contribution in [1.82, 2.24) is 0 Å². The second kappa shape index (κ2) is 6.27. The van der Waals surface area contributed by atoms with Crippen LogP contribution in [0.1, 0.15) is 45.1 Å². The quantitative estimate of drug-likeness (QED) is 0.795. The Morgan fingerprint density at radius 2 is 1.78 bits per heavy atom. The van der Waals surface area contributed by atoms with Crippen LogP contribution < -0.4 is 0 Å². The third-order valence-electron chi connectivity index (χ3n) is 2.60. The monoisotopic (exact) mass is 256 g/mol. The van der Waals surface area contributed by atoms with E-state index >= 15 is 0 Å². The molecule has 0 fully saturated rings. The molecule has 0 spiro atoms. The van der Waals surface area contributed by atoms with E-state index in [-0.39, 0.29) is 0 Å². The first kappa shape index (κ1) is 15.1. The lowest BCUT2D eigenvalue weighted by Gasteiger charge is -2.21. The zero-order chi connectivity index (χ0) is 13.8. The van der Waals surface area contributed by atoms with Gasteiger partial charge < -0.3 is 14.6 Å². The van der Waals surface area contributed by atoms with Gasteiger partial charge in [-0.1, -0.05) is 12.1 Å². The Hall–Kier alpha value is -0.970. The molecule has 0 saturated carbocycles. The summed E-state index contributed by atoms with van der Waals surface area (Å²) in [6.07, 6.45) is -0.698. The molecular weight excluding hydrogens is 235 g/mol. The van der Waals surface area contributed by atoms with Crippen molar-refractivity contribution in [1.29, 1.82) is 0 Å². The summed E-state index contributed by atoms with van der Waals surface area (Å²) in [4.78, 5) is 0. The Balaban J connectivity index is 3.03. The van der Waals surface area contributed by atoms with Gasteiger partial charge in [-0.15, -0.1) is 0 Å². The van der Waals surface area contributed by atoms with Gasteiger partial charge in [0.2, 0.25) is 0 Å². The van der Waals surface area contributed by atoms with E-state index in [9.17, 15) is 9.50 Å². The molecule has 1 aromatic carbocycles. The highest BCUT2D eigenvalue weighted by molar-refractivity contribution is 5.28. The van der Waals surface area contributed by atoms with Gasteiger partial charge in [-0.2, -0.15) is 0 Å². The van der Waals surface area contributed by atoms with E-state index in [1.807, 2.05) is 13.8 Å². The minimum absolute atomic E-state index is 0.353. The van der Waals surface area contributed by atoms with Crippen LogP contribution in [0.3, 0.4) is 0 Å². The molecule has 1 rings (SSSR count). The van der Waals surface area contributed by atoms with Gasteiger partial charge in [0.05, 0.1) is 5.60 Å². The molecule has 4 heteroatoms. The zero-order valence-corrected chi connectivity index (χ0v) is 11.4. The summed E-state index contributed by atoms with van der Waals surface area (Å²) >= 11 is 0. The molecule has 1 aromatic rings. The summed E-state index contributed by atoms with van der Waals surface area (Å²) in [7, 11) is 0. The Kier molecular flexibility index (Phi) is 5.26. The minimum Gasteiger partial charge on any atom is -0.386 e. The fourth-order valence-corrected chi connectivity index (χ4v) is 1.63. The maximum atomic E-state index is 14.0. The Labute approximate surface area is 108 Å². The van der Waals surface area contributed by atoms with Gasteiger partial charge in [-0.25, -0.2) is 4.39 Å². The number of benzene rings is 1. The predicted molar refractivity (Wildman–Crippen MR) is 67.6 cm³/mol. The highest BCUT2D eigenvalue weighted by Crippen LogP contribution is 2.27. The fourth-order valence-electron chi connectivity index (χ4n) is 1.63. The molecule has 0 aromatic heterocycles. The summed E-state index contributed by atoms with van der Waals surface area (Å²) < 4.78 is 24.7. The minimum atomic E-state index is -1.06. The van der Waals surface area contributed by atoms with Gasteiger partial charge in [0.1, 0.15) is 5.82 Å². The largest absolute Gasteiger partial charge is 0.386 e. The number of hydrogen-bond donors (Lipinski definition) is 1. The maximum absolute atomic E-state index is 14.0. The summed E-state index contributed by atoms with van der Waals surface area (Å²) in [5, 5.41) is 9.82. The fraction of sp³-hybridized carbons (Fsp3) is 0.571. The third-order valence-corrected chi connectivity index (χ3v) is 2.60. The van der Waals surface area contributed by atoms with E-state index in [2.05, 4.69) is 0 Å². The number of aliphatic hydroxyl groups is 1. The van der Waals surface area contributed by atoms with Crippen molar-refractivity contribution in [2.24, 2.45) is 0 Å². The SMILES string of the molecule is CCOC(OCC)c1ccc(C(C)(C)O)cc1F. The van der Waals surface area contributed by atoms with Crippen LogP contribution >= 0.6 is 0 Å². The van der Waals surface area contributed by atoms with E-state index in [1.54, 1.807) is 26.0 Å². The van der Waals surface area contributed by atoms with Crippen molar-refractivity contribution in [3.8, 4) is 0 Å². The van der Waals surface area contributed by atoms with E-state index in [1.165, 1.54) is 6.07 Å². The van der Waals surface area contributed by atoms with Crippen LogP contribution in [0.4, 0.5) is 4.39 Å². The molecule has 1 N–H and O–H groups in total. The molecule has 0 aliphatic carbocycles. The third kappa shape index (κ3) is 3.77. The summed E-state index contributed by atoms with van der Waals surface area (Å²) in [5.74, 6) is -0.429. The standard InChI is InChI=1S/C14H21FO3/c1-5-17-13(18-6-2)11-8-7-10(9-12(11)15)14(3,4)16/h7-9,13,16H,5-6H2,1-4H3. The lowest BCUT2D eigenvalue weighted by atomic mass is 9.97.